The molecule has 0 aliphatic rings. The summed E-state index contributed by atoms with van der Waals surface area (Å²) in [5.41, 5.74) is 0.877. The molecular weight excluding hydrogens is 333 g/mol. The number of nitriles is 1. The van der Waals surface area contributed by atoms with E-state index in [9.17, 15) is 13.2 Å². The van der Waals surface area contributed by atoms with Crippen molar-refractivity contribution in [1.82, 2.24) is 10.2 Å². The van der Waals surface area contributed by atoms with Gasteiger partial charge in [-0.25, -0.2) is 0 Å². The SMILES string of the molecule is N#Cc1cccc(-c2nnc(CNc3ccc(C(F)(F)F)cc3)o2)c1. The second-order valence-corrected chi connectivity index (χ2v) is 5.12. The van der Waals surface area contributed by atoms with Gasteiger partial charge in [-0.3, -0.25) is 0 Å². The summed E-state index contributed by atoms with van der Waals surface area (Å²) >= 11 is 0. The zero-order chi connectivity index (χ0) is 17.9. The molecule has 0 unspecified atom stereocenters. The Kier molecular flexibility index (Phi) is 4.39. The normalized spacial score (nSPS) is 11.1. The van der Waals surface area contributed by atoms with Crippen LogP contribution in [0.5, 0.6) is 0 Å². The monoisotopic (exact) mass is 344 g/mol. The summed E-state index contributed by atoms with van der Waals surface area (Å²) in [5, 5.41) is 19.6. The zero-order valence-electron chi connectivity index (χ0n) is 12.7. The molecule has 1 aromatic heterocycles. The maximum absolute atomic E-state index is 12.5. The molecule has 0 aliphatic carbocycles. The van der Waals surface area contributed by atoms with Crippen molar-refractivity contribution in [3.8, 4) is 17.5 Å². The molecule has 0 radical (unpaired) electrons. The summed E-state index contributed by atoms with van der Waals surface area (Å²) in [6.45, 7) is 0.163. The highest BCUT2D eigenvalue weighted by atomic mass is 19.4. The molecule has 8 heteroatoms. The summed E-state index contributed by atoms with van der Waals surface area (Å²) in [7, 11) is 0. The lowest BCUT2D eigenvalue weighted by Gasteiger charge is -2.08. The lowest BCUT2D eigenvalue weighted by atomic mass is 10.1. The van der Waals surface area contributed by atoms with Crippen LogP contribution >= 0.6 is 0 Å². The number of alkyl halides is 3. The Labute approximate surface area is 140 Å². The molecule has 0 bridgehead atoms. The first-order valence-corrected chi connectivity index (χ1v) is 7.20. The first kappa shape index (κ1) is 16.5. The number of nitrogens with one attached hydrogen (secondary N) is 1. The standard InChI is InChI=1S/C17H11F3N4O/c18-17(19,20)13-4-6-14(7-5-13)22-10-15-23-24-16(25-15)12-3-1-2-11(8-12)9-21/h1-8,22H,10H2. The fourth-order valence-electron chi connectivity index (χ4n) is 2.12. The average Bonchev–Trinajstić information content (AvgIpc) is 3.09. The zero-order valence-corrected chi connectivity index (χ0v) is 12.7. The van der Waals surface area contributed by atoms with Gasteiger partial charge >= 0.3 is 6.18 Å². The molecular formula is C17H11F3N4O. The van der Waals surface area contributed by atoms with Crippen LogP contribution in [0.25, 0.3) is 11.5 Å². The van der Waals surface area contributed by atoms with Crippen molar-refractivity contribution >= 4 is 5.69 Å². The highest BCUT2D eigenvalue weighted by Crippen LogP contribution is 2.29. The van der Waals surface area contributed by atoms with E-state index in [1.165, 1.54) is 12.1 Å². The molecule has 126 valence electrons. The predicted molar refractivity (Wildman–Crippen MR) is 83.2 cm³/mol. The Morgan fingerprint density at radius 1 is 1.08 bits per heavy atom. The fourth-order valence-corrected chi connectivity index (χ4v) is 2.12. The minimum Gasteiger partial charge on any atom is -0.419 e. The third-order valence-electron chi connectivity index (χ3n) is 3.36. The Bertz CT molecular complexity index is 911. The highest BCUT2D eigenvalue weighted by molar-refractivity contribution is 5.55. The van der Waals surface area contributed by atoms with Crippen molar-refractivity contribution in [2.75, 3.05) is 5.32 Å². The minimum atomic E-state index is -4.36. The molecule has 1 heterocycles. The van der Waals surface area contributed by atoms with Gasteiger partial charge in [0.15, 0.2) is 0 Å². The fraction of sp³-hybridized carbons (Fsp3) is 0.118. The van der Waals surface area contributed by atoms with Crippen molar-refractivity contribution in [3.05, 3.63) is 65.5 Å². The van der Waals surface area contributed by atoms with Gasteiger partial charge in [0.05, 0.1) is 23.7 Å². The van der Waals surface area contributed by atoms with Gasteiger partial charge in [0.1, 0.15) is 0 Å². The average molecular weight is 344 g/mol. The molecule has 0 atom stereocenters. The third-order valence-corrected chi connectivity index (χ3v) is 3.36. The van der Waals surface area contributed by atoms with Crippen molar-refractivity contribution in [1.29, 1.82) is 5.26 Å². The molecule has 0 fully saturated rings. The van der Waals surface area contributed by atoms with Gasteiger partial charge in [-0.15, -0.1) is 10.2 Å². The molecule has 2 aromatic carbocycles. The predicted octanol–water partition coefficient (Wildman–Crippen LogP) is 4.24. The second kappa shape index (κ2) is 6.65. The molecule has 0 saturated carbocycles. The van der Waals surface area contributed by atoms with Crippen LogP contribution in [0.15, 0.2) is 52.9 Å². The van der Waals surface area contributed by atoms with E-state index in [-0.39, 0.29) is 18.3 Å². The van der Waals surface area contributed by atoms with Crippen LogP contribution < -0.4 is 5.32 Å². The van der Waals surface area contributed by atoms with Gasteiger partial charge in [-0.2, -0.15) is 18.4 Å². The number of benzene rings is 2. The lowest BCUT2D eigenvalue weighted by molar-refractivity contribution is -0.137. The van der Waals surface area contributed by atoms with Gasteiger partial charge in [0, 0.05) is 11.3 Å². The molecule has 25 heavy (non-hydrogen) atoms. The number of halogens is 3. The molecule has 0 aliphatic heterocycles. The summed E-state index contributed by atoms with van der Waals surface area (Å²) < 4.78 is 43.0. The van der Waals surface area contributed by atoms with Gasteiger partial charge < -0.3 is 9.73 Å². The Balaban J connectivity index is 1.67. The molecule has 0 saturated heterocycles. The summed E-state index contributed by atoms with van der Waals surface area (Å²) in [4.78, 5) is 0. The molecule has 5 nitrogen and oxygen atoms in total. The van der Waals surface area contributed by atoms with Crippen molar-refractivity contribution in [3.63, 3.8) is 0 Å². The Morgan fingerprint density at radius 3 is 2.52 bits per heavy atom. The van der Waals surface area contributed by atoms with E-state index < -0.39 is 11.7 Å². The second-order valence-electron chi connectivity index (χ2n) is 5.12. The lowest BCUT2D eigenvalue weighted by Crippen LogP contribution is -2.05. The third kappa shape index (κ3) is 3.95. The topological polar surface area (TPSA) is 74.7 Å². The molecule has 1 N–H and O–H groups in total. The van der Waals surface area contributed by atoms with Crippen LogP contribution in [0.4, 0.5) is 18.9 Å². The Morgan fingerprint density at radius 2 is 1.84 bits per heavy atom. The maximum Gasteiger partial charge on any atom is 0.416 e. The van der Waals surface area contributed by atoms with Crippen molar-refractivity contribution in [2.24, 2.45) is 0 Å². The number of anilines is 1. The van der Waals surface area contributed by atoms with E-state index in [1.54, 1.807) is 24.3 Å². The van der Waals surface area contributed by atoms with Crippen LogP contribution in [-0.2, 0) is 12.7 Å². The van der Waals surface area contributed by atoms with Gasteiger partial charge in [-0.05, 0) is 42.5 Å². The molecule has 0 spiro atoms. The summed E-state index contributed by atoms with van der Waals surface area (Å²) in [6, 6.07) is 13.4. The minimum absolute atomic E-state index is 0.163. The van der Waals surface area contributed by atoms with Crippen LogP contribution in [0.1, 0.15) is 17.0 Å². The van der Waals surface area contributed by atoms with E-state index >= 15 is 0 Å². The van der Waals surface area contributed by atoms with E-state index in [0.29, 0.717) is 16.8 Å². The van der Waals surface area contributed by atoms with Gasteiger partial charge in [-0.1, -0.05) is 6.07 Å². The van der Waals surface area contributed by atoms with Crippen LogP contribution in [0.2, 0.25) is 0 Å². The van der Waals surface area contributed by atoms with E-state index in [4.69, 9.17) is 9.68 Å². The Hall–Kier alpha value is -3.34. The number of nitrogens with zero attached hydrogens (tertiary/aromatic N) is 3. The quantitative estimate of drug-likeness (QED) is 0.766. The number of hydrogen-bond acceptors (Lipinski definition) is 5. The van der Waals surface area contributed by atoms with Crippen LogP contribution in [0, 0.1) is 11.3 Å². The summed E-state index contributed by atoms with van der Waals surface area (Å²) in [6.07, 6.45) is -4.36. The highest BCUT2D eigenvalue weighted by Gasteiger charge is 2.29. The van der Waals surface area contributed by atoms with E-state index in [1.807, 2.05) is 6.07 Å². The number of aromatic nitrogens is 2. The summed E-state index contributed by atoms with van der Waals surface area (Å²) in [5.74, 6) is 0.540. The molecule has 3 aromatic rings. The number of hydrogen-bond donors (Lipinski definition) is 1. The van der Waals surface area contributed by atoms with Gasteiger partial charge in [0.2, 0.25) is 11.8 Å². The molecule has 0 amide bonds. The van der Waals surface area contributed by atoms with E-state index in [0.717, 1.165) is 12.1 Å². The molecule has 3 rings (SSSR count). The van der Waals surface area contributed by atoms with E-state index in [2.05, 4.69) is 15.5 Å². The van der Waals surface area contributed by atoms with Crippen molar-refractivity contribution < 1.29 is 17.6 Å². The maximum atomic E-state index is 12.5. The van der Waals surface area contributed by atoms with Crippen LogP contribution in [0.3, 0.4) is 0 Å². The number of rotatable bonds is 4. The largest absolute Gasteiger partial charge is 0.419 e. The van der Waals surface area contributed by atoms with Crippen LogP contribution in [-0.4, -0.2) is 10.2 Å². The smallest absolute Gasteiger partial charge is 0.416 e. The van der Waals surface area contributed by atoms with Gasteiger partial charge in [0.25, 0.3) is 0 Å². The first-order valence-electron chi connectivity index (χ1n) is 7.20. The first-order chi connectivity index (χ1) is 12.0. The van der Waals surface area contributed by atoms with Crippen molar-refractivity contribution in [2.45, 2.75) is 12.7 Å².